The number of aliphatic hydroxyl groups excluding tert-OH is 1. The summed E-state index contributed by atoms with van der Waals surface area (Å²) in [5.74, 6) is -3.13. The van der Waals surface area contributed by atoms with Crippen LogP contribution >= 0.6 is 11.6 Å². The van der Waals surface area contributed by atoms with Gasteiger partial charge < -0.3 is 34.5 Å². The molecule has 2 atom stereocenters. The Balaban J connectivity index is 1.58. The van der Waals surface area contributed by atoms with E-state index < -0.39 is 35.1 Å². The zero-order valence-electron chi connectivity index (χ0n) is 20.5. The molecule has 2 aromatic heterocycles. The number of amides is 1. The van der Waals surface area contributed by atoms with Crippen molar-refractivity contribution in [3.8, 4) is 17.2 Å². The van der Waals surface area contributed by atoms with Crippen LogP contribution in [-0.2, 0) is 9.53 Å². The molecular weight excluding hydrogens is 522 g/mol. The summed E-state index contributed by atoms with van der Waals surface area (Å²) in [6.07, 6.45) is 1.77. The Bertz CT molecular complexity index is 1550. The van der Waals surface area contributed by atoms with Crippen LogP contribution in [0.1, 0.15) is 18.7 Å². The van der Waals surface area contributed by atoms with Crippen LogP contribution in [0, 0.1) is 11.6 Å². The van der Waals surface area contributed by atoms with Crippen LogP contribution in [-0.4, -0.2) is 47.3 Å². The molecule has 38 heavy (non-hydrogen) atoms. The number of fused-ring (bicyclic) bond motifs is 3. The summed E-state index contributed by atoms with van der Waals surface area (Å²) < 4.78 is 44.2. The monoisotopic (exact) mass is 544 g/mol. The average Bonchev–Trinajstić information content (AvgIpc) is 3.37. The van der Waals surface area contributed by atoms with E-state index in [1.54, 1.807) is 19.2 Å². The molecule has 0 fully saturated rings. The maximum absolute atomic E-state index is 14.4. The Morgan fingerprint density at radius 3 is 2.71 bits per heavy atom. The lowest BCUT2D eigenvalue weighted by molar-refractivity contribution is -0.124. The van der Waals surface area contributed by atoms with E-state index in [0.29, 0.717) is 22.4 Å². The lowest BCUT2D eigenvalue weighted by Gasteiger charge is -2.47. The molecule has 4 aromatic rings. The van der Waals surface area contributed by atoms with E-state index in [-0.39, 0.29) is 28.7 Å². The van der Waals surface area contributed by atoms with Gasteiger partial charge in [0.1, 0.15) is 16.9 Å². The number of hydrogen-bond acceptors (Lipinski definition) is 7. The molecule has 5 rings (SSSR count). The van der Waals surface area contributed by atoms with Gasteiger partial charge in [0.15, 0.2) is 17.8 Å². The number of methoxy groups -OCH3 is 2. The van der Waals surface area contributed by atoms with Gasteiger partial charge in [0.05, 0.1) is 36.3 Å². The number of ether oxygens (including phenoxy) is 3. The Morgan fingerprint density at radius 1 is 1.21 bits per heavy atom. The van der Waals surface area contributed by atoms with E-state index in [4.69, 9.17) is 25.8 Å². The predicted octanol–water partition coefficient (Wildman–Crippen LogP) is 5.15. The van der Waals surface area contributed by atoms with Crippen LogP contribution < -0.4 is 19.7 Å². The van der Waals surface area contributed by atoms with E-state index in [1.807, 2.05) is 0 Å². The van der Waals surface area contributed by atoms with Gasteiger partial charge in [-0.1, -0.05) is 11.6 Å². The third-order valence-electron chi connectivity index (χ3n) is 6.44. The number of H-pyrrole nitrogens is 1. The number of aromatic nitrogens is 2. The number of carbonyl (C=O) groups excluding carboxylic acids is 1. The molecule has 0 saturated heterocycles. The molecule has 9 nitrogen and oxygen atoms in total. The Hall–Kier alpha value is -3.93. The fraction of sp³-hybridized carbons (Fsp3) is 0.231. The number of aromatic amines is 1. The lowest BCUT2D eigenvalue weighted by Crippen LogP contribution is -2.61. The van der Waals surface area contributed by atoms with Crippen LogP contribution in [0.25, 0.3) is 11.0 Å². The molecule has 3 N–H and O–H groups in total. The molecule has 0 aliphatic carbocycles. The molecule has 198 valence electrons. The maximum atomic E-state index is 14.4. The summed E-state index contributed by atoms with van der Waals surface area (Å²) in [5.41, 5.74) is 0.362. The van der Waals surface area contributed by atoms with Crippen molar-refractivity contribution in [1.29, 1.82) is 0 Å². The van der Waals surface area contributed by atoms with Gasteiger partial charge in [-0.2, -0.15) is 4.39 Å². The quantitative estimate of drug-likeness (QED) is 0.295. The predicted molar refractivity (Wildman–Crippen MR) is 137 cm³/mol. The lowest BCUT2D eigenvalue weighted by atomic mass is 9.92. The number of benzene rings is 2. The van der Waals surface area contributed by atoms with Crippen molar-refractivity contribution in [1.82, 2.24) is 9.97 Å². The number of rotatable bonds is 7. The van der Waals surface area contributed by atoms with E-state index >= 15 is 0 Å². The Labute approximate surface area is 220 Å². The number of carbonyl (C=O) groups is 1. The third-order valence-corrected chi connectivity index (χ3v) is 6.77. The van der Waals surface area contributed by atoms with Crippen molar-refractivity contribution in [3.05, 3.63) is 71.0 Å². The normalized spacial score (nSPS) is 17.8. The Kier molecular flexibility index (Phi) is 6.59. The van der Waals surface area contributed by atoms with Crippen LogP contribution in [0.4, 0.5) is 20.2 Å². The summed E-state index contributed by atoms with van der Waals surface area (Å²) >= 11 is 6.57. The highest BCUT2D eigenvalue weighted by atomic mass is 35.5. The highest BCUT2D eigenvalue weighted by Crippen LogP contribution is 2.46. The standard InChI is InChI=1S/C26H23ClF2N4O5/c1-26(12-36-2)25(35)32-18-11-31-23-15(8-9-30-23)21(18)33(26)24(34)14-5-4-13(10-16(14)27)38-22-19(37-3)7-6-17(28)20(22)29/h4-11,24,34H,12H2,1-3H3,(H,30,31)(H,32,35). The van der Waals surface area contributed by atoms with Crippen LogP contribution in [0.5, 0.6) is 17.2 Å². The van der Waals surface area contributed by atoms with Gasteiger partial charge in [0.25, 0.3) is 5.91 Å². The minimum absolute atomic E-state index is 0.0143. The molecule has 0 saturated carbocycles. The number of hydrogen-bond donors (Lipinski definition) is 3. The van der Waals surface area contributed by atoms with Gasteiger partial charge in [0.2, 0.25) is 11.6 Å². The van der Waals surface area contributed by atoms with Crippen LogP contribution in [0.2, 0.25) is 5.02 Å². The Morgan fingerprint density at radius 2 is 2.00 bits per heavy atom. The van der Waals surface area contributed by atoms with Gasteiger partial charge in [-0.15, -0.1) is 0 Å². The SMILES string of the molecule is COCC1(C)C(=O)Nc2cnc3[nH]ccc3c2N1C(O)c1ccc(Oc2c(OC)ccc(F)c2F)cc1Cl. The summed E-state index contributed by atoms with van der Waals surface area (Å²) in [6, 6.07) is 8.20. The molecular formula is C26H23ClF2N4O5. The highest BCUT2D eigenvalue weighted by molar-refractivity contribution is 6.31. The first-order valence-electron chi connectivity index (χ1n) is 11.4. The molecule has 1 amide bonds. The molecule has 0 spiro atoms. The van der Waals surface area contributed by atoms with Crippen molar-refractivity contribution < 1.29 is 32.9 Å². The van der Waals surface area contributed by atoms with Crippen LogP contribution in [0.15, 0.2) is 48.8 Å². The average molecular weight is 545 g/mol. The van der Waals surface area contributed by atoms with Crippen molar-refractivity contribution in [3.63, 3.8) is 0 Å². The topological polar surface area (TPSA) is 109 Å². The zero-order chi connectivity index (χ0) is 27.2. The molecule has 2 unspecified atom stereocenters. The summed E-state index contributed by atoms with van der Waals surface area (Å²) in [5, 5.41) is 15.3. The van der Waals surface area contributed by atoms with E-state index in [9.17, 15) is 18.7 Å². The molecule has 0 bridgehead atoms. The summed E-state index contributed by atoms with van der Waals surface area (Å²) in [4.78, 5) is 22.1. The third kappa shape index (κ3) is 4.08. The fourth-order valence-corrected chi connectivity index (χ4v) is 4.84. The smallest absolute Gasteiger partial charge is 0.252 e. The van der Waals surface area contributed by atoms with E-state index in [2.05, 4.69) is 15.3 Å². The summed E-state index contributed by atoms with van der Waals surface area (Å²) in [7, 11) is 2.75. The number of anilines is 2. The van der Waals surface area contributed by atoms with Crippen molar-refractivity contribution in [2.24, 2.45) is 0 Å². The molecule has 3 heterocycles. The number of halogens is 3. The van der Waals surface area contributed by atoms with Gasteiger partial charge >= 0.3 is 0 Å². The van der Waals surface area contributed by atoms with Crippen molar-refractivity contribution in [2.75, 3.05) is 31.0 Å². The largest absolute Gasteiger partial charge is 0.493 e. The fourth-order valence-electron chi connectivity index (χ4n) is 4.57. The molecule has 0 radical (unpaired) electrons. The minimum Gasteiger partial charge on any atom is -0.493 e. The van der Waals surface area contributed by atoms with Gasteiger partial charge in [-0.25, -0.2) is 9.37 Å². The maximum Gasteiger partial charge on any atom is 0.252 e. The second-order valence-electron chi connectivity index (χ2n) is 8.84. The van der Waals surface area contributed by atoms with Gasteiger partial charge in [-0.05, 0) is 43.3 Å². The summed E-state index contributed by atoms with van der Waals surface area (Å²) in [6.45, 7) is 1.59. The first kappa shape index (κ1) is 25.7. The van der Waals surface area contributed by atoms with E-state index in [1.165, 1.54) is 49.6 Å². The number of aliphatic hydroxyl groups is 1. The second kappa shape index (κ2) is 9.75. The van der Waals surface area contributed by atoms with Crippen LogP contribution in [0.3, 0.4) is 0 Å². The van der Waals surface area contributed by atoms with E-state index in [0.717, 1.165) is 6.07 Å². The number of pyridine rings is 1. The number of nitrogens with zero attached hydrogens (tertiary/aromatic N) is 2. The molecule has 1 aliphatic rings. The molecule has 2 aromatic carbocycles. The second-order valence-corrected chi connectivity index (χ2v) is 9.25. The highest BCUT2D eigenvalue weighted by Gasteiger charge is 2.48. The van der Waals surface area contributed by atoms with Gasteiger partial charge in [0, 0.05) is 24.3 Å². The minimum atomic E-state index is -1.43. The van der Waals surface area contributed by atoms with Gasteiger partial charge in [-0.3, -0.25) is 4.79 Å². The zero-order valence-corrected chi connectivity index (χ0v) is 21.3. The molecule has 1 aliphatic heterocycles. The first-order valence-corrected chi connectivity index (χ1v) is 11.8. The molecule has 12 heteroatoms. The van der Waals surface area contributed by atoms with Crippen molar-refractivity contribution in [2.45, 2.75) is 18.7 Å². The van der Waals surface area contributed by atoms with Crippen molar-refractivity contribution >= 4 is 39.9 Å². The first-order chi connectivity index (χ1) is 18.2. The number of nitrogens with one attached hydrogen (secondary N) is 2.